The van der Waals surface area contributed by atoms with Crippen LogP contribution in [0.15, 0.2) is 48.5 Å². The van der Waals surface area contributed by atoms with Crippen molar-refractivity contribution in [3.8, 4) is 5.75 Å². The summed E-state index contributed by atoms with van der Waals surface area (Å²) < 4.78 is 5.65. The second-order valence-corrected chi connectivity index (χ2v) is 5.13. The van der Waals surface area contributed by atoms with E-state index in [9.17, 15) is 4.79 Å². The van der Waals surface area contributed by atoms with E-state index in [1.807, 2.05) is 36.4 Å². The van der Waals surface area contributed by atoms with Crippen LogP contribution in [0.1, 0.15) is 33.9 Å². The van der Waals surface area contributed by atoms with E-state index in [2.05, 4.69) is 11.4 Å². The van der Waals surface area contributed by atoms with Crippen molar-refractivity contribution in [3.63, 3.8) is 0 Å². The largest absolute Gasteiger partial charge is 0.493 e. The Morgan fingerprint density at radius 1 is 1.19 bits per heavy atom. The van der Waals surface area contributed by atoms with Crippen LogP contribution < -0.4 is 15.8 Å². The van der Waals surface area contributed by atoms with Gasteiger partial charge in [0.1, 0.15) is 5.75 Å². The molecule has 0 aliphatic carbocycles. The highest BCUT2D eigenvalue weighted by Crippen LogP contribution is 2.31. The summed E-state index contributed by atoms with van der Waals surface area (Å²) in [5.74, 6) is 0.546. The van der Waals surface area contributed by atoms with Crippen molar-refractivity contribution in [2.24, 2.45) is 5.73 Å². The monoisotopic (exact) mass is 282 g/mol. The zero-order valence-electron chi connectivity index (χ0n) is 11.7. The molecule has 2 aromatic carbocycles. The molecule has 0 saturated heterocycles. The molecule has 0 spiro atoms. The fraction of sp³-hybridized carbons (Fsp3) is 0.235. The first kappa shape index (κ1) is 13.6. The van der Waals surface area contributed by atoms with Crippen LogP contribution in [0.2, 0.25) is 0 Å². The van der Waals surface area contributed by atoms with Gasteiger partial charge in [0.25, 0.3) is 0 Å². The highest BCUT2D eigenvalue weighted by Gasteiger charge is 2.20. The third-order valence-corrected chi connectivity index (χ3v) is 3.78. The summed E-state index contributed by atoms with van der Waals surface area (Å²) in [4.78, 5) is 11.4. The summed E-state index contributed by atoms with van der Waals surface area (Å²) in [6.45, 7) is 1.31. The average Bonchev–Trinajstić information content (AvgIpc) is 2.53. The molecule has 1 heterocycles. The number of nitrogens with one attached hydrogen (secondary N) is 1. The molecule has 0 fully saturated rings. The van der Waals surface area contributed by atoms with Gasteiger partial charge in [0.2, 0.25) is 5.91 Å². The average molecular weight is 282 g/mol. The smallest absolute Gasteiger partial charge is 0.249 e. The maximum Gasteiger partial charge on any atom is 0.249 e. The number of primary amides is 1. The number of ether oxygens (including phenoxy) is 1. The van der Waals surface area contributed by atoms with Gasteiger partial charge >= 0.3 is 0 Å². The van der Waals surface area contributed by atoms with Gasteiger partial charge in [0.05, 0.1) is 6.61 Å². The Balaban J connectivity index is 1.76. The zero-order valence-corrected chi connectivity index (χ0v) is 11.7. The molecule has 1 aliphatic rings. The van der Waals surface area contributed by atoms with Crippen LogP contribution in [0, 0.1) is 0 Å². The minimum atomic E-state index is -0.389. The van der Waals surface area contributed by atoms with E-state index in [1.165, 1.54) is 5.56 Å². The van der Waals surface area contributed by atoms with Crippen molar-refractivity contribution < 1.29 is 9.53 Å². The number of fused-ring (bicyclic) bond motifs is 1. The van der Waals surface area contributed by atoms with Crippen LogP contribution in [0.4, 0.5) is 0 Å². The van der Waals surface area contributed by atoms with E-state index in [0.29, 0.717) is 18.7 Å². The zero-order chi connectivity index (χ0) is 14.7. The minimum Gasteiger partial charge on any atom is -0.493 e. The molecule has 1 atom stereocenters. The summed E-state index contributed by atoms with van der Waals surface area (Å²) in [7, 11) is 0. The Labute approximate surface area is 123 Å². The van der Waals surface area contributed by atoms with Crippen molar-refractivity contribution in [3.05, 3.63) is 65.2 Å². The molecule has 108 valence electrons. The van der Waals surface area contributed by atoms with Crippen LogP contribution >= 0.6 is 0 Å². The normalized spacial score (nSPS) is 16.9. The molecule has 1 aliphatic heterocycles. The van der Waals surface area contributed by atoms with Crippen molar-refractivity contribution in [2.45, 2.75) is 19.0 Å². The van der Waals surface area contributed by atoms with E-state index < -0.39 is 0 Å². The highest BCUT2D eigenvalue weighted by atomic mass is 16.5. The fourth-order valence-corrected chi connectivity index (χ4v) is 2.70. The number of hydrogen-bond acceptors (Lipinski definition) is 3. The summed E-state index contributed by atoms with van der Waals surface area (Å²) in [6, 6.07) is 15.7. The topological polar surface area (TPSA) is 64.4 Å². The van der Waals surface area contributed by atoms with Crippen LogP contribution in [0.25, 0.3) is 0 Å². The summed E-state index contributed by atoms with van der Waals surface area (Å²) in [5.41, 5.74) is 8.08. The first-order valence-electron chi connectivity index (χ1n) is 7.08. The Bertz CT molecular complexity index is 655. The minimum absolute atomic E-state index is 0.232. The van der Waals surface area contributed by atoms with Gasteiger partial charge in [-0.2, -0.15) is 0 Å². The van der Waals surface area contributed by atoms with Crippen molar-refractivity contribution in [2.75, 3.05) is 6.61 Å². The molecule has 0 saturated carbocycles. The first-order chi connectivity index (χ1) is 10.3. The molecule has 1 unspecified atom stereocenters. The third-order valence-electron chi connectivity index (χ3n) is 3.78. The van der Waals surface area contributed by atoms with Crippen LogP contribution in [-0.2, 0) is 6.54 Å². The van der Waals surface area contributed by atoms with Crippen LogP contribution in [-0.4, -0.2) is 12.5 Å². The molecule has 0 aromatic heterocycles. The summed E-state index contributed by atoms with van der Waals surface area (Å²) in [6.07, 6.45) is 0.912. The lowest BCUT2D eigenvalue weighted by Crippen LogP contribution is -2.27. The van der Waals surface area contributed by atoms with Gasteiger partial charge in [-0.15, -0.1) is 0 Å². The molecule has 4 heteroatoms. The molecule has 2 aromatic rings. The fourth-order valence-electron chi connectivity index (χ4n) is 2.70. The van der Waals surface area contributed by atoms with Crippen molar-refractivity contribution in [1.82, 2.24) is 5.32 Å². The summed E-state index contributed by atoms with van der Waals surface area (Å²) in [5, 5.41) is 3.50. The molecule has 3 rings (SSSR count). The number of rotatable bonds is 4. The molecule has 4 nitrogen and oxygen atoms in total. The quantitative estimate of drug-likeness (QED) is 0.905. The van der Waals surface area contributed by atoms with Crippen molar-refractivity contribution in [1.29, 1.82) is 0 Å². The molecular formula is C17H18N2O2. The van der Waals surface area contributed by atoms with Gasteiger partial charge in [-0.3, -0.25) is 4.79 Å². The van der Waals surface area contributed by atoms with Gasteiger partial charge in [-0.1, -0.05) is 36.4 Å². The van der Waals surface area contributed by atoms with E-state index in [1.54, 1.807) is 6.07 Å². The second-order valence-electron chi connectivity index (χ2n) is 5.13. The predicted octanol–water partition coefficient (Wildman–Crippen LogP) is 2.40. The van der Waals surface area contributed by atoms with Gasteiger partial charge in [0.15, 0.2) is 0 Å². The molecule has 0 radical (unpaired) electrons. The number of hydrogen-bond donors (Lipinski definition) is 2. The van der Waals surface area contributed by atoms with Crippen LogP contribution in [0.3, 0.4) is 0 Å². The molecule has 3 N–H and O–H groups in total. The standard InChI is InChI=1S/C17H18N2O2/c18-17(20)13-6-2-1-5-12(13)11-19-15-9-10-21-16-8-4-3-7-14(15)16/h1-8,15,19H,9-11H2,(H2,18,20). The summed E-state index contributed by atoms with van der Waals surface area (Å²) >= 11 is 0. The number of benzene rings is 2. The Morgan fingerprint density at radius 2 is 1.95 bits per heavy atom. The lowest BCUT2D eigenvalue weighted by molar-refractivity contribution is 0.0999. The van der Waals surface area contributed by atoms with E-state index in [0.717, 1.165) is 17.7 Å². The molecule has 1 amide bonds. The first-order valence-corrected chi connectivity index (χ1v) is 7.08. The SMILES string of the molecule is NC(=O)c1ccccc1CNC1CCOc2ccccc21. The van der Waals surface area contributed by atoms with Gasteiger partial charge in [-0.25, -0.2) is 0 Å². The lowest BCUT2D eigenvalue weighted by atomic mass is 9.99. The van der Waals surface area contributed by atoms with Gasteiger partial charge in [0, 0.05) is 30.1 Å². The third kappa shape index (κ3) is 2.90. The van der Waals surface area contributed by atoms with Gasteiger partial charge < -0.3 is 15.8 Å². The number of amides is 1. The molecule has 0 bridgehead atoms. The number of carbonyl (C=O) groups excluding carboxylic acids is 1. The Kier molecular flexibility index (Phi) is 3.88. The lowest BCUT2D eigenvalue weighted by Gasteiger charge is -2.27. The van der Waals surface area contributed by atoms with E-state index in [4.69, 9.17) is 10.5 Å². The highest BCUT2D eigenvalue weighted by molar-refractivity contribution is 5.94. The van der Waals surface area contributed by atoms with Crippen LogP contribution in [0.5, 0.6) is 5.75 Å². The van der Waals surface area contributed by atoms with Crippen molar-refractivity contribution >= 4 is 5.91 Å². The maximum absolute atomic E-state index is 11.4. The second kappa shape index (κ2) is 5.97. The van der Waals surface area contributed by atoms with Gasteiger partial charge in [-0.05, 0) is 17.7 Å². The Hall–Kier alpha value is -2.33. The maximum atomic E-state index is 11.4. The number of carbonyl (C=O) groups is 1. The van der Waals surface area contributed by atoms with E-state index in [-0.39, 0.29) is 11.9 Å². The molecular weight excluding hydrogens is 264 g/mol. The predicted molar refractivity (Wildman–Crippen MR) is 81.1 cm³/mol. The Morgan fingerprint density at radius 3 is 2.81 bits per heavy atom. The van der Waals surface area contributed by atoms with E-state index >= 15 is 0 Å². The molecule has 21 heavy (non-hydrogen) atoms. The number of para-hydroxylation sites is 1. The number of nitrogens with two attached hydrogens (primary N) is 1.